The third kappa shape index (κ3) is 1.34. The Hall–Kier alpha value is -3.45. The lowest BCUT2D eigenvalue weighted by molar-refractivity contribution is 1.52. The van der Waals surface area contributed by atoms with Gasteiger partial charge in [0.15, 0.2) is 0 Å². The van der Waals surface area contributed by atoms with E-state index in [0.717, 1.165) is 11.0 Å². The van der Waals surface area contributed by atoms with Gasteiger partial charge in [0.05, 0.1) is 11.0 Å². The first-order valence-corrected chi connectivity index (χ1v) is 9.00. The molecule has 1 nitrogen and oxygen atoms in total. The summed E-state index contributed by atoms with van der Waals surface area (Å²) in [5, 5.41) is 13.3. The molecule has 0 N–H and O–H groups in total. The van der Waals surface area contributed by atoms with Crippen LogP contribution in [0.2, 0.25) is 0 Å². The Morgan fingerprint density at radius 1 is 0.462 bits per heavy atom. The monoisotopic (exact) mass is 327 g/mol. The Labute approximate surface area is 149 Å². The van der Waals surface area contributed by atoms with Crippen LogP contribution >= 0.6 is 0 Å². The van der Waals surface area contributed by atoms with E-state index in [2.05, 4.69) is 78.9 Å². The van der Waals surface area contributed by atoms with Crippen molar-refractivity contribution < 1.29 is 0 Å². The van der Waals surface area contributed by atoms with Crippen LogP contribution in [0.3, 0.4) is 0 Å². The van der Waals surface area contributed by atoms with Gasteiger partial charge in [-0.25, -0.2) is 4.98 Å². The number of hydrogen-bond acceptors (Lipinski definition) is 1. The molecular weight excluding hydrogens is 314 g/mol. The van der Waals surface area contributed by atoms with E-state index < -0.39 is 0 Å². The number of benzene rings is 5. The fraction of sp³-hybridized carbons (Fsp3) is 0. The zero-order chi connectivity index (χ0) is 16.8. The van der Waals surface area contributed by atoms with E-state index in [1.54, 1.807) is 0 Å². The maximum absolute atomic E-state index is 5.01. The molecule has 0 spiro atoms. The average Bonchev–Trinajstić information content (AvgIpc) is 2.69. The van der Waals surface area contributed by atoms with Crippen LogP contribution < -0.4 is 0 Å². The molecule has 7 aromatic rings. The van der Waals surface area contributed by atoms with Crippen molar-refractivity contribution in [1.82, 2.24) is 4.98 Å². The summed E-state index contributed by atoms with van der Waals surface area (Å²) in [5.74, 6) is 0. The average molecular weight is 327 g/mol. The van der Waals surface area contributed by atoms with Crippen LogP contribution in [0.25, 0.3) is 64.9 Å². The summed E-state index contributed by atoms with van der Waals surface area (Å²) < 4.78 is 0. The lowest BCUT2D eigenvalue weighted by Gasteiger charge is -2.20. The molecule has 0 aliphatic carbocycles. The highest BCUT2D eigenvalue weighted by Gasteiger charge is 2.21. The van der Waals surface area contributed by atoms with Crippen LogP contribution in [-0.2, 0) is 0 Å². The highest BCUT2D eigenvalue weighted by Crippen LogP contribution is 2.47. The van der Waals surface area contributed by atoms with Gasteiger partial charge in [-0.15, -0.1) is 0 Å². The number of hydrogen-bond donors (Lipinski definition) is 0. The van der Waals surface area contributed by atoms with Crippen molar-refractivity contribution in [3.8, 4) is 0 Å². The second-order valence-corrected chi connectivity index (χ2v) is 7.20. The molecule has 1 heteroatoms. The van der Waals surface area contributed by atoms with E-state index in [1.807, 2.05) is 0 Å². The fourth-order valence-electron chi connectivity index (χ4n) is 4.80. The van der Waals surface area contributed by atoms with E-state index in [9.17, 15) is 0 Å². The van der Waals surface area contributed by atoms with Crippen molar-refractivity contribution in [2.75, 3.05) is 0 Å². The molecule has 0 unspecified atom stereocenters. The smallest absolute Gasteiger partial charge is 0.0801 e. The number of aromatic nitrogens is 1. The third-order valence-electron chi connectivity index (χ3n) is 5.90. The number of fused-ring (bicyclic) bond motifs is 7. The van der Waals surface area contributed by atoms with Gasteiger partial charge in [0.2, 0.25) is 0 Å². The fourth-order valence-corrected chi connectivity index (χ4v) is 4.80. The van der Waals surface area contributed by atoms with Crippen molar-refractivity contribution in [3.05, 3.63) is 78.9 Å². The second-order valence-electron chi connectivity index (χ2n) is 7.20. The quantitative estimate of drug-likeness (QED) is 0.277. The molecular formula is C25H13N. The van der Waals surface area contributed by atoms with Gasteiger partial charge in [-0.2, -0.15) is 0 Å². The minimum atomic E-state index is 1.07. The largest absolute Gasteiger partial charge is 0.247 e. The first-order chi connectivity index (χ1) is 12.9. The van der Waals surface area contributed by atoms with Crippen molar-refractivity contribution in [1.29, 1.82) is 0 Å². The molecule has 1 aromatic heterocycles. The summed E-state index contributed by atoms with van der Waals surface area (Å²) in [6.45, 7) is 0. The van der Waals surface area contributed by atoms with Crippen LogP contribution in [0.5, 0.6) is 0 Å². The van der Waals surface area contributed by atoms with Crippen LogP contribution in [0.4, 0.5) is 0 Å². The summed E-state index contributed by atoms with van der Waals surface area (Å²) in [6.07, 6.45) is 0. The second kappa shape index (κ2) is 4.20. The van der Waals surface area contributed by atoms with E-state index >= 15 is 0 Å². The normalized spacial score (nSPS) is 12.6. The molecule has 118 valence electrons. The summed E-state index contributed by atoms with van der Waals surface area (Å²) in [6, 6.07) is 28.5. The Morgan fingerprint density at radius 2 is 1.12 bits per heavy atom. The predicted molar refractivity (Wildman–Crippen MR) is 112 cm³/mol. The van der Waals surface area contributed by atoms with E-state index in [-0.39, 0.29) is 0 Å². The SMILES string of the molecule is c1ccc2nc3c(cc2c1)c1c2cccc4ccc5cccc(c5c42)c31. The summed E-state index contributed by atoms with van der Waals surface area (Å²) in [5.41, 5.74) is 2.22. The topological polar surface area (TPSA) is 12.9 Å². The molecule has 26 heavy (non-hydrogen) atoms. The molecule has 1 heterocycles. The Balaban J connectivity index is 1.87. The van der Waals surface area contributed by atoms with Gasteiger partial charge in [0.25, 0.3) is 0 Å². The molecule has 0 aliphatic rings. The van der Waals surface area contributed by atoms with E-state index in [1.165, 1.54) is 53.9 Å². The Bertz CT molecular complexity index is 1500. The first-order valence-electron chi connectivity index (χ1n) is 9.00. The van der Waals surface area contributed by atoms with Crippen LogP contribution in [0, 0.1) is 0 Å². The maximum atomic E-state index is 5.01. The molecule has 7 rings (SSSR count). The highest BCUT2D eigenvalue weighted by atomic mass is 14.7. The Morgan fingerprint density at radius 3 is 1.88 bits per heavy atom. The minimum Gasteiger partial charge on any atom is -0.247 e. The molecule has 0 fully saturated rings. The zero-order valence-electron chi connectivity index (χ0n) is 14.0. The van der Waals surface area contributed by atoms with Gasteiger partial charge in [0.1, 0.15) is 0 Å². The lowest BCUT2D eigenvalue weighted by Crippen LogP contribution is -1.94. The van der Waals surface area contributed by atoms with Crippen LogP contribution in [0.1, 0.15) is 0 Å². The number of pyridine rings is 1. The zero-order valence-corrected chi connectivity index (χ0v) is 14.0. The van der Waals surface area contributed by atoms with Gasteiger partial charge in [-0.3, -0.25) is 0 Å². The standard InChI is InChI=1S/C25H13N/c1-2-10-20-16(5-1)13-19-23-17-8-3-6-14-11-12-15-7-4-9-18(22(15)21(14)17)24(23)25(19)26-20/h1-13H. The van der Waals surface area contributed by atoms with Gasteiger partial charge in [-0.05, 0) is 44.5 Å². The number of rotatable bonds is 0. The maximum Gasteiger partial charge on any atom is 0.0801 e. The van der Waals surface area contributed by atoms with E-state index in [0.29, 0.717) is 0 Å². The molecule has 0 saturated heterocycles. The molecule has 0 bridgehead atoms. The first kappa shape index (κ1) is 12.8. The molecule has 6 aromatic carbocycles. The van der Waals surface area contributed by atoms with Crippen molar-refractivity contribution in [3.63, 3.8) is 0 Å². The highest BCUT2D eigenvalue weighted by molar-refractivity contribution is 6.45. The Kier molecular flexibility index (Phi) is 2.08. The van der Waals surface area contributed by atoms with Crippen LogP contribution in [0.15, 0.2) is 78.9 Å². The van der Waals surface area contributed by atoms with Gasteiger partial charge >= 0.3 is 0 Å². The van der Waals surface area contributed by atoms with E-state index in [4.69, 9.17) is 4.98 Å². The lowest BCUT2D eigenvalue weighted by atomic mass is 9.84. The van der Waals surface area contributed by atoms with Gasteiger partial charge in [-0.1, -0.05) is 66.7 Å². The number of nitrogens with zero attached hydrogens (tertiary/aromatic N) is 1. The molecule has 0 aliphatic heterocycles. The predicted octanol–water partition coefficient (Wildman–Crippen LogP) is 6.88. The summed E-state index contributed by atoms with van der Waals surface area (Å²) in [7, 11) is 0. The minimum absolute atomic E-state index is 1.07. The molecule has 0 amide bonds. The van der Waals surface area contributed by atoms with Crippen LogP contribution in [-0.4, -0.2) is 4.98 Å². The third-order valence-corrected chi connectivity index (χ3v) is 5.90. The molecule has 0 radical (unpaired) electrons. The summed E-state index contributed by atoms with van der Waals surface area (Å²) in [4.78, 5) is 5.01. The van der Waals surface area contributed by atoms with Crippen molar-refractivity contribution in [2.24, 2.45) is 0 Å². The van der Waals surface area contributed by atoms with Crippen molar-refractivity contribution in [2.45, 2.75) is 0 Å². The van der Waals surface area contributed by atoms with Gasteiger partial charge in [0, 0.05) is 21.5 Å². The number of para-hydroxylation sites is 1. The van der Waals surface area contributed by atoms with Gasteiger partial charge < -0.3 is 0 Å². The van der Waals surface area contributed by atoms with Crippen molar-refractivity contribution >= 4 is 64.9 Å². The molecule has 0 saturated carbocycles. The summed E-state index contributed by atoms with van der Waals surface area (Å²) >= 11 is 0. The molecule has 0 atom stereocenters.